The molecule has 2 heterocycles. The van der Waals surface area contributed by atoms with Crippen LogP contribution in [-0.4, -0.2) is 47.7 Å². The molecule has 1 amide bonds. The molecule has 2 aromatic heterocycles. The number of nitrogens with zero attached hydrogens (tertiary/aromatic N) is 2. The van der Waals surface area contributed by atoms with E-state index < -0.39 is 11.7 Å². The molecule has 0 saturated heterocycles. The van der Waals surface area contributed by atoms with Crippen LogP contribution in [0, 0.1) is 0 Å². The summed E-state index contributed by atoms with van der Waals surface area (Å²) in [5.41, 5.74) is 0.847. The fourth-order valence-electron chi connectivity index (χ4n) is 3.46. The van der Waals surface area contributed by atoms with E-state index in [-0.39, 0.29) is 31.0 Å². The van der Waals surface area contributed by atoms with Crippen LogP contribution in [0.3, 0.4) is 0 Å². The van der Waals surface area contributed by atoms with Crippen molar-refractivity contribution < 1.29 is 28.6 Å². The molecule has 0 fully saturated rings. The second kappa shape index (κ2) is 12.6. The van der Waals surface area contributed by atoms with Crippen LogP contribution >= 0.6 is 0 Å². The second-order valence-electron chi connectivity index (χ2n) is 8.21. The minimum Gasteiger partial charge on any atom is -0.493 e. The van der Waals surface area contributed by atoms with Crippen LogP contribution in [0.2, 0.25) is 0 Å². The van der Waals surface area contributed by atoms with Crippen molar-refractivity contribution in [3.63, 3.8) is 0 Å². The van der Waals surface area contributed by atoms with Crippen LogP contribution in [0.1, 0.15) is 40.5 Å². The number of aromatic nitrogens is 2. The number of nitrogens with one attached hydrogen (secondary N) is 1. The van der Waals surface area contributed by atoms with Gasteiger partial charge < -0.3 is 19.0 Å². The fraction of sp³-hybridized carbons (Fsp3) is 0.385. The van der Waals surface area contributed by atoms with E-state index in [1.54, 1.807) is 50.4 Å². The summed E-state index contributed by atoms with van der Waals surface area (Å²) in [5, 5.41) is 3.21. The van der Waals surface area contributed by atoms with Gasteiger partial charge in [-0.15, -0.1) is 4.73 Å². The molecular formula is C26H31N3O7. The predicted octanol–water partition coefficient (Wildman–Crippen LogP) is 4.19. The van der Waals surface area contributed by atoms with Crippen LogP contribution in [0.25, 0.3) is 22.2 Å². The molecular weight excluding hydrogens is 466 g/mol. The van der Waals surface area contributed by atoms with Gasteiger partial charge in [-0.3, -0.25) is 14.9 Å². The highest BCUT2D eigenvalue weighted by atomic mass is 16.7. The molecule has 0 unspecified atom stereocenters. The Balaban J connectivity index is 2.08. The van der Waals surface area contributed by atoms with E-state index in [0.717, 1.165) is 4.73 Å². The van der Waals surface area contributed by atoms with Gasteiger partial charge in [-0.1, -0.05) is 19.1 Å². The lowest BCUT2D eigenvalue weighted by Gasteiger charge is -2.18. The van der Waals surface area contributed by atoms with Crippen LogP contribution in [0.5, 0.6) is 5.75 Å². The van der Waals surface area contributed by atoms with Gasteiger partial charge in [-0.05, 0) is 50.1 Å². The quantitative estimate of drug-likeness (QED) is 0.309. The number of anilines is 1. The van der Waals surface area contributed by atoms with E-state index in [1.807, 2.05) is 13.0 Å². The average molecular weight is 498 g/mol. The van der Waals surface area contributed by atoms with Crippen molar-refractivity contribution >= 4 is 28.8 Å². The summed E-state index contributed by atoms with van der Waals surface area (Å²) in [5.74, 6) is 0.209. The van der Waals surface area contributed by atoms with Crippen LogP contribution in [0.4, 0.5) is 10.5 Å². The largest absolute Gasteiger partial charge is 0.493 e. The van der Waals surface area contributed by atoms with Crippen molar-refractivity contribution in [3.05, 3.63) is 52.9 Å². The van der Waals surface area contributed by atoms with E-state index in [4.69, 9.17) is 19.0 Å². The van der Waals surface area contributed by atoms with E-state index in [2.05, 4.69) is 10.3 Å². The molecule has 0 aliphatic carbocycles. The molecule has 0 spiro atoms. The first-order chi connectivity index (χ1) is 17.3. The molecule has 192 valence electrons. The van der Waals surface area contributed by atoms with Crippen molar-refractivity contribution in [2.24, 2.45) is 0 Å². The minimum absolute atomic E-state index is 0.00395. The molecule has 0 saturated carbocycles. The average Bonchev–Trinajstić information content (AvgIpc) is 2.83. The lowest BCUT2D eigenvalue weighted by Crippen LogP contribution is -2.33. The number of pyridine rings is 2. The summed E-state index contributed by atoms with van der Waals surface area (Å²) < 4.78 is 17.1. The van der Waals surface area contributed by atoms with Crippen molar-refractivity contribution in [2.45, 2.75) is 46.6 Å². The maximum absolute atomic E-state index is 13.5. The Hall–Kier alpha value is -4.08. The van der Waals surface area contributed by atoms with Gasteiger partial charge in [0.15, 0.2) is 5.65 Å². The molecule has 36 heavy (non-hydrogen) atoms. The van der Waals surface area contributed by atoms with E-state index in [1.165, 1.54) is 6.92 Å². The van der Waals surface area contributed by atoms with Crippen molar-refractivity contribution in [3.8, 4) is 16.9 Å². The highest BCUT2D eigenvalue weighted by Gasteiger charge is 2.22. The Kier molecular flexibility index (Phi) is 9.26. The molecule has 1 aromatic carbocycles. The van der Waals surface area contributed by atoms with Gasteiger partial charge >= 0.3 is 17.6 Å². The molecule has 0 radical (unpaired) electrons. The summed E-state index contributed by atoms with van der Waals surface area (Å²) in [4.78, 5) is 47.1. The first kappa shape index (κ1) is 26.5. The molecule has 0 atom stereocenters. The molecule has 3 aromatic rings. The maximum atomic E-state index is 13.5. The first-order valence-electron chi connectivity index (χ1n) is 11.8. The summed E-state index contributed by atoms with van der Waals surface area (Å²) >= 11 is 0. The maximum Gasteiger partial charge on any atom is 0.412 e. The summed E-state index contributed by atoms with van der Waals surface area (Å²) in [6.07, 6.45) is 1.64. The molecule has 3 rings (SSSR count). The van der Waals surface area contributed by atoms with Gasteiger partial charge in [0, 0.05) is 30.5 Å². The Morgan fingerprint density at radius 1 is 1.11 bits per heavy atom. The Bertz CT molecular complexity index is 1270. The molecule has 0 aliphatic heterocycles. The van der Waals surface area contributed by atoms with Crippen LogP contribution in [-0.2, 0) is 14.3 Å². The second-order valence-corrected chi connectivity index (χ2v) is 8.21. The van der Waals surface area contributed by atoms with Gasteiger partial charge in [0.25, 0.3) is 0 Å². The zero-order valence-corrected chi connectivity index (χ0v) is 20.9. The number of hydrogen-bond acceptors (Lipinski definition) is 8. The van der Waals surface area contributed by atoms with Crippen molar-refractivity contribution in [1.29, 1.82) is 0 Å². The molecule has 10 nitrogen and oxygen atoms in total. The lowest BCUT2D eigenvalue weighted by molar-refractivity contribution is -0.141. The molecule has 0 aliphatic rings. The molecule has 0 bridgehead atoms. The molecule has 10 heteroatoms. The normalized spacial score (nSPS) is 10.8. The monoisotopic (exact) mass is 497 g/mol. The number of benzene rings is 1. The smallest absolute Gasteiger partial charge is 0.412 e. The van der Waals surface area contributed by atoms with E-state index >= 15 is 0 Å². The van der Waals surface area contributed by atoms with Crippen LogP contribution < -0.4 is 20.5 Å². The summed E-state index contributed by atoms with van der Waals surface area (Å²) in [6, 6.07) is 10.7. The third-order valence-corrected chi connectivity index (χ3v) is 4.88. The number of esters is 1. The topological polar surface area (TPSA) is 118 Å². The third-order valence-electron chi connectivity index (χ3n) is 4.88. The van der Waals surface area contributed by atoms with Crippen molar-refractivity contribution in [2.75, 3.05) is 25.1 Å². The standard InChI is InChI=1S/C26H31N3O7/c1-5-13-35-29-24-21(11-7-12-27-24)22(23(25(29)31)28-26(32)36-17(2)3)19-9-6-10-20(16-19)34-15-8-14-33-18(4)30/h6-7,9-12,16-17H,5,8,13-15H2,1-4H3,(H,28,32). The number of carbonyl (C=O) groups excluding carboxylic acids is 2. The zero-order valence-electron chi connectivity index (χ0n) is 20.9. The number of rotatable bonds is 11. The first-order valence-corrected chi connectivity index (χ1v) is 11.8. The minimum atomic E-state index is -0.758. The van der Waals surface area contributed by atoms with Gasteiger partial charge in [0.2, 0.25) is 0 Å². The predicted molar refractivity (Wildman–Crippen MR) is 135 cm³/mol. The summed E-state index contributed by atoms with van der Waals surface area (Å²) in [7, 11) is 0. The zero-order chi connectivity index (χ0) is 26.1. The van der Waals surface area contributed by atoms with E-state index in [0.29, 0.717) is 47.4 Å². The van der Waals surface area contributed by atoms with Gasteiger partial charge in [-0.25, -0.2) is 9.78 Å². The summed E-state index contributed by atoms with van der Waals surface area (Å²) in [6.45, 7) is 7.59. The Labute approximate surface area is 209 Å². The number of hydrogen-bond donors (Lipinski definition) is 1. The van der Waals surface area contributed by atoms with Gasteiger partial charge in [-0.2, -0.15) is 0 Å². The van der Waals surface area contributed by atoms with Crippen LogP contribution in [0.15, 0.2) is 47.4 Å². The Morgan fingerprint density at radius 2 is 1.92 bits per heavy atom. The SMILES string of the molecule is CCCOn1c(=O)c(NC(=O)OC(C)C)c(-c2cccc(OCCCOC(C)=O)c2)c2cccnc21. The van der Waals surface area contributed by atoms with Crippen molar-refractivity contribution in [1.82, 2.24) is 9.71 Å². The number of ether oxygens (including phenoxy) is 3. The highest BCUT2D eigenvalue weighted by Crippen LogP contribution is 2.34. The molecule has 1 N–H and O–H groups in total. The number of amides is 1. The fourth-order valence-corrected chi connectivity index (χ4v) is 3.46. The lowest BCUT2D eigenvalue weighted by atomic mass is 10.0. The number of fused-ring (bicyclic) bond motifs is 1. The highest BCUT2D eigenvalue weighted by molar-refractivity contribution is 6.03. The number of carbonyl (C=O) groups is 2. The Morgan fingerprint density at radius 3 is 2.64 bits per heavy atom. The van der Waals surface area contributed by atoms with Gasteiger partial charge in [0.1, 0.15) is 18.0 Å². The van der Waals surface area contributed by atoms with Gasteiger partial charge in [0.05, 0.1) is 19.3 Å². The van der Waals surface area contributed by atoms with E-state index in [9.17, 15) is 14.4 Å². The third kappa shape index (κ3) is 6.74.